The highest BCUT2D eigenvalue weighted by molar-refractivity contribution is 7.51. The Kier molecular flexibility index (Phi) is 10.5. The minimum Gasteiger partial charge on any atom is -0.507 e. The predicted molar refractivity (Wildman–Crippen MR) is 121 cm³/mol. The quantitative estimate of drug-likeness (QED) is 0.158. The molecule has 0 saturated heterocycles. The van der Waals surface area contributed by atoms with Gasteiger partial charge in [-0.15, -0.1) is 4.67 Å². The zero-order chi connectivity index (χ0) is 23.0. The van der Waals surface area contributed by atoms with Crippen molar-refractivity contribution in [3.05, 3.63) is 28.8 Å². The lowest BCUT2D eigenvalue weighted by Gasteiger charge is -2.28. The Balaban J connectivity index is 2.71. The van der Waals surface area contributed by atoms with Crippen LogP contribution in [0.15, 0.2) is 12.1 Å². The van der Waals surface area contributed by atoms with E-state index in [0.717, 1.165) is 30.4 Å². The van der Waals surface area contributed by atoms with Gasteiger partial charge in [-0.1, -0.05) is 97.7 Å². The standard InChI is InChI=1S/C23H41O6P/c1-8-9-10-11-12-13-14-27-28-29-30(25,26)17-18-15-19(22(2,3)4)21(24)20(16-18)23(5,6)7/h15-16,24H,8-14,17H2,1-7H3,(H,25,26). The van der Waals surface area contributed by atoms with Gasteiger partial charge in [0.05, 0.1) is 12.8 Å². The minimum atomic E-state index is -4.07. The summed E-state index contributed by atoms with van der Waals surface area (Å²) in [6.45, 7) is 14.4. The first kappa shape index (κ1) is 27.1. The Morgan fingerprint density at radius 1 is 0.900 bits per heavy atom. The van der Waals surface area contributed by atoms with Gasteiger partial charge in [-0.3, -0.25) is 4.57 Å². The van der Waals surface area contributed by atoms with Crippen LogP contribution in [0.4, 0.5) is 0 Å². The highest BCUT2D eigenvalue weighted by atomic mass is 31.2. The van der Waals surface area contributed by atoms with Gasteiger partial charge in [-0.2, -0.15) is 0 Å². The summed E-state index contributed by atoms with van der Waals surface area (Å²) >= 11 is 0. The molecule has 0 heterocycles. The fourth-order valence-electron chi connectivity index (χ4n) is 3.23. The highest BCUT2D eigenvalue weighted by Crippen LogP contribution is 2.48. The average Bonchev–Trinajstić information content (AvgIpc) is 2.59. The SMILES string of the molecule is CCCCCCCCOOOP(=O)(O)Cc1cc(C(C)(C)C)c(O)c(C(C)(C)C)c1. The summed E-state index contributed by atoms with van der Waals surface area (Å²) in [5.41, 5.74) is 1.41. The monoisotopic (exact) mass is 444 g/mol. The van der Waals surface area contributed by atoms with Gasteiger partial charge in [0.2, 0.25) is 0 Å². The maximum atomic E-state index is 12.5. The van der Waals surface area contributed by atoms with Gasteiger partial charge in [0, 0.05) is 0 Å². The van der Waals surface area contributed by atoms with E-state index in [2.05, 4.69) is 16.6 Å². The largest absolute Gasteiger partial charge is 0.507 e. The van der Waals surface area contributed by atoms with Crippen molar-refractivity contribution in [3.63, 3.8) is 0 Å². The Morgan fingerprint density at radius 3 is 1.90 bits per heavy atom. The molecule has 2 N–H and O–H groups in total. The third kappa shape index (κ3) is 9.49. The molecule has 1 aromatic carbocycles. The maximum Gasteiger partial charge on any atom is 0.363 e. The van der Waals surface area contributed by atoms with Crippen molar-refractivity contribution in [1.29, 1.82) is 0 Å². The van der Waals surface area contributed by atoms with Gasteiger partial charge >= 0.3 is 7.60 Å². The molecule has 0 aliphatic heterocycles. The van der Waals surface area contributed by atoms with Gasteiger partial charge in [0.25, 0.3) is 0 Å². The van der Waals surface area contributed by atoms with Crippen molar-refractivity contribution >= 4 is 7.60 Å². The summed E-state index contributed by atoms with van der Waals surface area (Å²) in [7, 11) is -4.07. The first-order valence-electron chi connectivity index (χ1n) is 10.9. The Hall–Kier alpha value is -0.910. The lowest BCUT2D eigenvalue weighted by molar-refractivity contribution is -0.469. The molecule has 0 aliphatic rings. The number of aromatic hydroxyl groups is 1. The second-order valence-electron chi connectivity index (χ2n) is 10.1. The summed E-state index contributed by atoms with van der Waals surface area (Å²) in [4.78, 5) is 15.1. The van der Waals surface area contributed by atoms with Crippen LogP contribution in [0.25, 0.3) is 0 Å². The van der Waals surface area contributed by atoms with E-state index in [9.17, 15) is 14.6 Å². The summed E-state index contributed by atoms with van der Waals surface area (Å²) in [6.07, 6.45) is 6.39. The molecule has 1 atom stereocenters. The van der Waals surface area contributed by atoms with E-state index in [4.69, 9.17) is 4.89 Å². The third-order valence-corrected chi connectivity index (χ3v) is 6.00. The van der Waals surface area contributed by atoms with E-state index in [1.165, 1.54) is 19.3 Å². The van der Waals surface area contributed by atoms with E-state index in [1.54, 1.807) is 12.1 Å². The molecule has 0 aromatic heterocycles. The van der Waals surface area contributed by atoms with Gasteiger partial charge < -0.3 is 10.00 Å². The van der Waals surface area contributed by atoms with Crippen molar-refractivity contribution in [1.82, 2.24) is 0 Å². The summed E-state index contributed by atoms with van der Waals surface area (Å²) in [5.74, 6) is 0.228. The lowest BCUT2D eigenvalue weighted by atomic mass is 9.78. The van der Waals surface area contributed by atoms with Crippen molar-refractivity contribution in [2.24, 2.45) is 0 Å². The van der Waals surface area contributed by atoms with Crippen LogP contribution in [0, 0.1) is 0 Å². The van der Waals surface area contributed by atoms with Crippen LogP contribution in [0.3, 0.4) is 0 Å². The zero-order valence-corrected chi connectivity index (χ0v) is 20.7. The number of hydrogen-bond acceptors (Lipinski definition) is 5. The lowest BCUT2D eigenvalue weighted by Crippen LogP contribution is -2.18. The first-order chi connectivity index (χ1) is 13.8. The van der Waals surface area contributed by atoms with Crippen molar-refractivity contribution in [3.8, 4) is 5.75 Å². The van der Waals surface area contributed by atoms with Crippen LogP contribution in [-0.2, 0) is 36.2 Å². The van der Waals surface area contributed by atoms with Crippen molar-refractivity contribution in [2.45, 2.75) is 104 Å². The van der Waals surface area contributed by atoms with Gasteiger partial charge in [-0.05, 0) is 33.9 Å². The van der Waals surface area contributed by atoms with E-state index in [1.807, 2.05) is 41.5 Å². The van der Waals surface area contributed by atoms with Gasteiger partial charge in [0.15, 0.2) is 0 Å². The van der Waals surface area contributed by atoms with Crippen LogP contribution in [0.5, 0.6) is 5.75 Å². The third-order valence-electron chi connectivity index (χ3n) is 4.94. The van der Waals surface area contributed by atoms with Crippen LogP contribution in [-0.4, -0.2) is 16.6 Å². The molecule has 0 fully saturated rings. The Morgan fingerprint density at radius 2 is 1.40 bits per heavy atom. The van der Waals surface area contributed by atoms with E-state index in [0.29, 0.717) is 12.2 Å². The van der Waals surface area contributed by atoms with Crippen LogP contribution >= 0.6 is 7.60 Å². The minimum absolute atomic E-state index is 0.228. The van der Waals surface area contributed by atoms with Crippen molar-refractivity contribution in [2.75, 3.05) is 6.61 Å². The molecule has 1 unspecified atom stereocenters. The van der Waals surface area contributed by atoms with E-state index in [-0.39, 0.29) is 22.7 Å². The highest BCUT2D eigenvalue weighted by Gasteiger charge is 2.29. The molecule has 0 radical (unpaired) electrons. The second kappa shape index (κ2) is 11.6. The van der Waals surface area contributed by atoms with Gasteiger partial charge in [-0.25, -0.2) is 4.89 Å². The smallest absolute Gasteiger partial charge is 0.363 e. The Labute approximate surface area is 182 Å². The molecule has 1 rings (SSSR count). The summed E-state index contributed by atoms with van der Waals surface area (Å²) in [5, 5.41) is 15.3. The summed E-state index contributed by atoms with van der Waals surface area (Å²) < 4.78 is 17.1. The zero-order valence-electron chi connectivity index (χ0n) is 19.8. The number of unbranched alkanes of at least 4 members (excludes halogenated alkanes) is 5. The normalized spacial score (nSPS) is 14.7. The fourth-order valence-corrected chi connectivity index (χ4v) is 4.07. The van der Waals surface area contributed by atoms with Crippen molar-refractivity contribution < 1.29 is 29.2 Å². The number of benzene rings is 1. The fraction of sp³-hybridized carbons (Fsp3) is 0.739. The van der Waals surface area contributed by atoms with E-state index < -0.39 is 7.60 Å². The molecule has 6 nitrogen and oxygen atoms in total. The molecular weight excluding hydrogens is 403 g/mol. The average molecular weight is 445 g/mol. The molecule has 0 spiro atoms. The number of phenols is 1. The Bertz CT molecular complexity index is 668. The number of phenolic OH excluding ortho intramolecular Hbond substituents is 1. The molecule has 0 bridgehead atoms. The molecule has 30 heavy (non-hydrogen) atoms. The molecule has 0 aliphatic carbocycles. The summed E-state index contributed by atoms with van der Waals surface area (Å²) in [6, 6.07) is 3.52. The van der Waals surface area contributed by atoms with E-state index >= 15 is 0 Å². The molecule has 174 valence electrons. The van der Waals surface area contributed by atoms with Crippen LogP contribution in [0.2, 0.25) is 0 Å². The molecule has 7 heteroatoms. The topological polar surface area (TPSA) is 85.2 Å². The number of rotatable bonds is 12. The second-order valence-corrected chi connectivity index (χ2v) is 11.8. The van der Waals surface area contributed by atoms with Crippen LogP contribution < -0.4 is 0 Å². The molecular formula is C23H41O6P. The molecule has 1 aromatic rings. The molecule has 0 amide bonds. The van der Waals surface area contributed by atoms with Gasteiger partial charge in [0.1, 0.15) is 5.75 Å². The van der Waals surface area contributed by atoms with Crippen LogP contribution in [0.1, 0.15) is 104 Å². The number of hydrogen-bond donors (Lipinski definition) is 2. The first-order valence-corrected chi connectivity index (χ1v) is 12.7. The maximum absolute atomic E-state index is 12.5. The molecule has 0 saturated carbocycles. The predicted octanol–water partition coefficient (Wildman–Crippen LogP) is 6.91.